The van der Waals surface area contributed by atoms with Crippen LogP contribution in [0.5, 0.6) is 0 Å². The zero-order chi connectivity index (χ0) is 15.6. The summed E-state index contributed by atoms with van der Waals surface area (Å²) >= 11 is 5.01. The Morgan fingerprint density at radius 2 is 2.00 bits per heavy atom. The SMILES string of the molecule is CCNC(c1cccc(C(F)(F)F)c1)c1cc(Br)sc1C. The molecule has 2 rings (SSSR count). The molecule has 1 heterocycles. The van der Waals surface area contributed by atoms with Gasteiger partial charge in [-0.1, -0.05) is 19.1 Å². The number of hydrogen-bond donors (Lipinski definition) is 1. The number of halogens is 4. The molecule has 1 aromatic heterocycles. The van der Waals surface area contributed by atoms with Crippen LogP contribution in [-0.4, -0.2) is 6.54 Å². The van der Waals surface area contributed by atoms with Crippen LogP contribution in [0.2, 0.25) is 0 Å². The molecule has 0 aliphatic carbocycles. The molecule has 1 nitrogen and oxygen atoms in total. The Morgan fingerprint density at radius 1 is 1.29 bits per heavy atom. The van der Waals surface area contributed by atoms with Gasteiger partial charge >= 0.3 is 6.18 Å². The molecular formula is C15H15BrF3NS. The molecule has 1 aromatic carbocycles. The third-order valence-corrected chi connectivity index (χ3v) is 4.76. The standard InChI is InChI=1S/C15H15BrF3NS/c1-3-20-14(12-8-13(16)21-9(12)2)10-5-4-6-11(7-10)15(17,18)19/h4-8,14,20H,3H2,1-2H3. The molecule has 1 unspecified atom stereocenters. The fourth-order valence-corrected chi connectivity index (χ4v) is 4.00. The lowest BCUT2D eigenvalue weighted by molar-refractivity contribution is -0.137. The van der Waals surface area contributed by atoms with Crippen LogP contribution >= 0.6 is 27.3 Å². The number of aryl methyl sites for hydroxylation is 1. The number of rotatable bonds is 4. The lowest BCUT2D eigenvalue weighted by Crippen LogP contribution is -2.22. The third kappa shape index (κ3) is 3.87. The van der Waals surface area contributed by atoms with Crippen molar-refractivity contribution in [3.63, 3.8) is 0 Å². The maximum atomic E-state index is 12.9. The van der Waals surface area contributed by atoms with Gasteiger partial charge in [0.25, 0.3) is 0 Å². The lowest BCUT2D eigenvalue weighted by Gasteiger charge is -2.20. The van der Waals surface area contributed by atoms with E-state index in [4.69, 9.17) is 0 Å². The predicted octanol–water partition coefficient (Wildman–Crippen LogP) is 5.54. The quantitative estimate of drug-likeness (QED) is 0.737. The normalized spacial score (nSPS) is 13.4. The van der Waals surface area contributed by atoms with Gasteiger partial charge in [-0.25, -0.2) is 0 Å². The first-order chi connectivity index (χ1) is 9.82. The van der Waals surface area contributed by atoms with E-state index in [1.54, 1.807) is 17.4 Å². The van der Waals surface area contributed by atoms with Crippen LogP contribution in [0, 0.1) is 6.92 Å². The Morgan fingerprint density at radius 3 is 2.52 bits per heavy atom. The van der Waals surface area contributed by atoms with E-state index in [2.05, 4.69) is 21.2 Å². The van der Waals surface area contributed by atoms with Gasteiger partial charge in [0.15, 0.2) is 0 Å². The highest BCUT2D eigenvalue weighted by Crippen LogP contribution is 2.36. The summed E-state index contributed by atoms with van der Waals surface area (Å²) in [6.07, 6.45) is -4.32. The van der Waals surface area contributed by atoms with E-state index in [1.165, 1.54) is 12.1 Å². The number of alkyl halides is 3. The highest BCUT2D eigenvalue weighted by atomic mass is 79.9. The summed E-state index contributed by atoms with van der Waals surface area (Å²) in [4.78, 5) is 1.09. The van der Waals surface area contributed by atoms with Crippen LogP contribution in [0.1, 0.15) is 34.5 Å². The average Bonchev–Trinajstić information content (AvgIpc) is 2.74. The first-order valence-corrected chi connectivity index (χ1v) is 8.10. The topological polar surface area (TPSA) is 12.0 Å². The fraction of sp³-hybridized carbons (Fsp3) is 0.333. The second kappa shape index (κ2) is 6.50. The molecule has 1 N–H and O–H groups in total. The summed E-state index contributed by atoms with van der Waals surface area (Å²) in [5.74, 6) is 0. The molecule has 0 aliphatic heterocycles. The van der Waals surface area contributed by atoms with Crippen molar-refractivity contribution in [3.05, 3.63) is 55.7 Å². The number of thiophene rings is 1. The summed E-state index contributed by atoms with van der Waals surface area (Å²) in [6.45, 7) is 4.59. The second-order valence-electron chi connectivity index (χ2n) is 4.68. The molecule has 1 atom stereocenters. The van der Waals surface area contributed by atoms with Gasteiger partial charge in [-0.05, 0) is 58.7 Å². The van der Waals surface area contributed by atoms with Gasteiger partial charge in [-0.15, -0.1) is 11.3 Å². The Bertz CT molecular complexity index is 622. The monoisotopic (exact) mass is 377 g/mol. The van der Waals surface area contributed by atoms with Crippen LogP contribution < -0.4 is 5.32 Å². The van der Waals surface area contributed by atoms with Crippen molar-refractivity contribution in [1.29, 1.82) is 0 Å². The van der Waals surface area contributed by atoms with Crippen LogP contribution in [-0.2, 0) is 6.18 Å². The van der Waals surface area contributed by atoms with Gasteiger partial charge in [0, 0.05) is 4.88 Å². The lowest BCUT2D eigenvalue weighted by atomic mass is 9.97. The van der Waals surface area contributed by atoms with Gasteiger partial charge in [0.05, 0.1) is 15.4 Å². The molecule has 0 aliphatic rings. The van der Waals surface area contributed by atoms with Crippen molar-refractivity contribution < 1.29 is 13.2 Å². The second-order valence-corrected chi connectivity index (χ2v) is 7.31. The van der Waals surface area contributed by atoms with Gasteiger partial charge < -0.3 is 5.32 Å². The maximum absolute atomic E-state index is 12.9. The maximum Gasteiger partial charge on any atom is 0.416 e. The highest BCUT2D eigenvalue weighted by molar-refractivity contribution is 9.11. The Balaban J connectivity index is 2.46. The van der Waals surface area contributed by atoms with Gasteiger partial charge in [0.2, 0.25) is 0 Å². The van der Waals surface area contributed by atoms with E-state index in [-0.39, 0.29) is 6.04 Å². The number of hydrogen-bond acceptors (Lipinski definition) is 2. The minimum Gasteiger partial charge on any atom is -0.306 e. The van der Waals surface area contributed by atoms with Crippen LogP contribution in [0.3, 0.4) is 0 Å². The Labute approximate surface area is 134 Å². The van der Waals surface area contributed by atoms with Crippen molar-refractivity contribution in [2.24, 2.45) is 0 Å². The average molecular weight is 378 g/mol. The van der Waals surface area contributed by atoms with Gasteiger partial charge in [0.1, 0.15) is 0 Å². The molecule has 0 amide bonds. The van der Waals surface area contributed by atoms with E-state index in [0.717, 1.165) is 20.3 Å². The van der Waals surface area contributed by atoms with E-state index < -0.39 is 11.7 Å². The van der Waals surface area contributed by atoms with Crippen LogP contribution in [0.15, 0.2) is 34.1 Å². The summed E-state index contributed by atoms with van der Waals surface area (Å²) in [7, 11) is 0. The zero-order valence-electron chi connectivity index (χ0n) is 11.6. The van der Waals surface area contributed by atoms with Gasteiger partial charge in [-0.2, -0.15) is 13.2 Å². The molecule has 21 heavy (non-hydrogen) atoms. The fourth-order valence-electron chi connectivity index (χ4n) is 2.25. The van der Waals surface area contributed by atoms with E-state index in [0.29, 0.717) is 12.1 Å². The van der Waals surface area contributed by atoms with Crippen molar-refractivity contribution in [2.45, 2.75) is 26.1 Å². The smallest absolute Gasteiger partial charge is 0.306 e. The van der Waals surface area contributed by atoms with Crippen molar-refractivity contribution in [3.8, 4) is 0 Å². The van der Waals surface area contributed by atoms with E-state index in [9.17, 15) is 13.2 Å². The van der Waals surface area contributed by atoms with Crippen LogP contribution in [0.4, 0.5) is 13.2 Å². The summed E-state index contributed by atoms with van der Waals surface area (Å²) in [5, 5.41) is 3.27. The molecule has 0 saturated heterocycles. The molecule has 0 saturated carbocycles. The number of nitrogens with one attached hydrogen (secondary N) is 1. The molecule has 114 valence electrons. The summed E-state index contributed by atoms with van der Waals surface area (Å²) < 4.78 is 39.6. The number of benzene rings is 1. The zero-order valence-corrected chi connectivity index (χ0v) is 14.0. The van der Waals surface area contributed by atoms with E-state index in [1.807, 2.05) is 19.9 Å². The largest absolute Gasteiger partial charge is 0.416 e. The molecule has 0 fully saturated rings. The first kappa shape index (κ1) is 16.5. The van der Waals surface area contributed by atoms with Crippen molar-refractivity contribution >= 4 is 27.3 Å². The molecule has 6 heteroatoms. The minimum atomic E-state index is -4.32. The highest BCUT2D eigenvalue weighted by Gasteiger charge is 2.31. The van der Waals surface area contributed by atoms with E-state index >= 15 is 0 Å². The summed E-state index contributed by atoms with van der Waals surface area (Å²) in [6, 6.07) is 7.24. The third-order valence-electron chi connectivity index (χ3n) is 3.19. The Kier molecular flexibility index (Phi) is 5.11. The van der Waals surface area contributed by atoms with Crippen LogP contribution in [0.25, 0.3) is 0 Å². The van der Waals surface area contributed by atoms with Crippen molar-refractivity contribution in [1.82, 2.24) is 5.32 Å². The molecular weight excluding hydrogens is 363 g/mol. The van der Waals surface area contributed by atoms with Crippen molar-refractivity contribution in [2.75, 3.05) is 6.54 Å². The van der Waals surface area contributed by atoms with Gasteiger partial charge in [-0.3, -0.25) is 0 Å². The molecule has 0 bridgehead atoms. The first-order valence-electron chi connectivity index (χ1n) is 6.49. The molecule has 0 radical (unpaired) electrons. The Hall–Kier alpha value is -0.850. The predicted molar refractivity (Wildman–Crippen MR) is 83.7 cm³/mol. The molecule has 2 aromatic rings. The summed E-state index contributed by atoms with van der Waals surface area (Å²) in [5.41, 5.74) is 1.02. The molecule has 0 spiro atoms. The minimum absolute atomic E-state index is 0.236.